The molecule has 0 spiro atoms. The van der Waals surface area contributed by atoms with Crippen LogP contribution in [0.1, 0.15) is 16.7 Å². The molecule has 0 nitrogen and oxygen atoms in total. The molecule has 0 atom stereocenters. The van der Waals surface area contributed by atoms with Crippen LogP contribution in [0.25, 0.3) is 76.8 Å². The predicted molar refractivity (Wildman–Crippen MR) is 195 cm³/mol. The maximum Gasteiger partial charge on any atom is -0.00197 e. The monoisotopic (exact) mass is 574 g/mol. The molecule has 0 fully saturated rings. The SMILES string of the molecule is Cc1ccc2c(-c3ccccc3-c3ccccc3)c3cc(C)c(C)cc3c(-c3cc4ccccc4cc3-c3ccccc3)c2c1. The molecule has 0 bridgehead atoms. The second kappa shape index (κ2) is 10.9. The lowest BCUT2D eigenvalue weighted by Crippen LogP contribution is -1.96. The van der Waals surface area contributed by atoms with E-state index in [0.717, 1.165) is 0 Å². The van der Waals surface area contributed by atoms with Crippen LogP contribution in [0.4, 0.5) is 0 Å². The zero-order valence-corrected chi connectivity index (χ0v) is 25.9. The van der Waals surface area contributed by atoms with Crippen molar-refractivity contribution in [3.05, 3.63) is 168 Å². The molecular weight excluding hydrogens is 540 g/mol. The Labute approximate surface area is 265 Å². The summed E-state index contributed by atoms with van der Waals surface area (Å²) in [7, 11) is 0. The first-order valence-electron chi connectivity index (χ1n) is 15.8. The highest BCUT2D eigenvalue weighted by atomic mass is 14.2. The number of aryl methyl sites for hydroxylation is 3. The van der Waals surface area contributed by atoms with Crippen molar-refractivity contribution in [2.24, 2.45) is 0 Å². The maximum absolute atomic E-state index is 2.43. The average Bonchev–Trinajstić information content (AvgIpc) is 3.08. The topological polar surface area (TPSA) is 0 Å². The maximum atomic E-state index is 2.43. The summed E-state index contributed by atoms with van der Waals surface area (Å²) in [4.78, 5) is 0. The van der Waals surface area contributed by atoms with Crippen molar-refractivity contribution < 1.29 is 0 Å². The van der Waals surface area contributed by atoms with Crippen LogP contribution < -0.4 is 0 Å². The highest BCUT2D eigenvalue weighted by molar-refractivity contribution is 6.24. The Morgan fingerprint density at radius 2 is 0.778 bits per heavy atom. The van der Waals surface area contributed by atoms with Gasteiger partial charge in [-0.25, -0.2) is 0 Å². The largest absolute Gasteiger partial charge is 0.0622 e. The molecule has 0 aliphatic carbocycles. The van der Waals surface area contributed by atoms with Crippen LogP contribution in [0.5, 0.6) is 0 Å². The van der Waals surface area contributed by atoms with Gasteiger partial charge in [0.2, 0.25) is 0 Å². The van der Waals surface area contributed by atoms with Gasteiger partial charge in [-0.3, -0.25) is 0 Å². The van der Waals surface area contributed by atoms with Gasteiger partial charge in [0.15, 0.2) is 0 Å². The van der Waals surface area contributed by atoms with Crippen LogP contribution >= 0.6 is 0 Å². The van der Waals surface area contributed by atoms with Crippen LogP contribution in [0.15, 0.2) is 152 Å². The molecule has 8 aromatic carbocycles. The molecule has 45 heavy (non-hydrogen) atoms. The fourth-order valence-electron chi connectivity index (χ4n) is 7.06. The first-order chi connectivity index (χ1) is 22.1. The predicted octanol–water partition coefficient (Wildman–Crippen LogP) is 12.7. The molecular formula is C45H34. The minimum atomic E-state index is 1.23. The fourth-order valence-corrected chi connectivity index (χ4v) is 7.06. The summed E-state index contributed by atoms with van der Waals surface area (Å²) in [6.45, 7) is 6.70. The molecule has 214 valence electrons. The molecule has 0 unspecified atom stereocenters. The lowest BCUT2D eigenvalue weighted by molar-refractivity contribution is 1.37. The molecule has 0 aromatic heterocycles. The van der Waals surface area contributed by atoms with E-state index in [0.29, 0.717) is 0 Å². The quantitative estimate of drug-likeness (QED) is 0.183. The van der Waals surface area contributed by atoms with E-state index in [9.17, 15) is 0 Å². The van der Waals surface area contributed by atoms with Crippen molar-refractivity contribution in [2.45, 2.75) is 20.8 Å². The fraction of sp³-hybridized carbons (Fsp3) is 0.0667. The van der Waals surface area contributed by atoms with Gasteiger partial charge in [0.1, 0.15) is 0 Å². The summed E-state index contributed by atoms with van der Waals surface area (Å²) < 4.78 is 0. The van der Waals surface area contributed by atoms with Crippen molar-refractivity contribution in [1.29, 1.82) is 0 Å². The molecule has 0 N–H and O–H groups in total. The number of hydrogen-bond acceptors (Lipinski definition) is 0. The van der Waals surface area contributed by atoms with Gasteiger partial charge in [0.05, 0.1) is 0 Å². The average molecular weight is 575 g/mol. The van der Waals surface area contributed by atoms with Crippen molar-refractivity contribution in [1.82, 2.24) is 0 Å². The molecule has 0 heteroatoms. The zero-order valence-electron chi connectivity index (χ0n) is 25.9. The lowest BCUT2D eigenvalue weighted by atomic mass is 9.80. The first-order valence-corrected chi connectivity index (χ1v) is 15.8. The van der Waals surface area contributed by atoms with Gasteiger partial charge >= 0.3 is 0 Å². The summed E-state index contributed by atoms with van der Waals surface area (Å²) in [5.41, 5.74) is 14.0. The Morgan fingerprint density at radius 3 is 1.40 bits per heavy atom. The summed E-state index contributed by atoms with van der Waals surface area (Å²) >= 11 is 0. The first kappa shape index (κ1) is 27.1. The van der Waals surface area contributed by atoms with Crippen molar-refractivity contribution >= 4 is 32.3 Å². The van der Waals surface area contributed by atoms with E-state index in [1.807, 2.05) is 0 Å². The Morgan fingerprint density at radius 1 is 0.311 bits per heavy atom. The van der Waals surface area contributed by atoms with E-state index >= 15 is 0 Å². The van der Waals surface area contributed by atoms with E-state index in [2.05, 4.69) is 172 Å². The Kier molecular flexibility index (Phi) is 6.58. The van der Waals surface area contributed by atoms with Crippen LogP contribution in [-0.2, 0) is 0 Å². The highest BCUT2D eigenvalue weighted by Crippen LogP contribution is 2.49. The normalized spacial score (nSPS) is 11.4. The Hall–Kier alpha value is -5.46. The van der Waals surface area contributed by atoms with Gasteiger partial charge in [-0.1, -0.05) is 145 Å². The number of fused-ring (bicyclic) bond motifs is 3. The van der Waals surface area contributed by atoms with Gasteiger partial charge in [-0.2, -0.15) is 0 Å². The van der Waals surface area contributed by atoms with E-state index < -0.39 is 0 Å². The molecule has 0 heterocycles. The van der Waals surface area contributed by atoms with Gasteiger partial charge in [0, 0.05) is 0 Å². The molecule has 0 saturated carbocycles. The van der Waals surface area contributed by atoms with Crippen molar-refractivity contribution in [3.8, 4) is 44.5 Å². The van der Waals surface area contributed by atoms with Crippen LogP contribution in [0.2, 0.25) is 0 Å². The van der Waals surface area contributed by atoms with Crippen LogP contribution in [0.3, 0.4) is 0 Å². The second-order valence-electron chi connectivity index (χ2n) is 12.3. The number of benzene rings is 8. The molecule has 0 saturated heterocycles. The van der Waals surface area contributed by atoms with Crippen molar-refractivity contribution in [2.75, 3.05) is 0 Å². The second-order valence-corrected chi connectivity index (χ2v) is 12.3. The van der Waals surface area contributed by atoms with E-state index in [1.54, 1.807) is 0 Å². The molecule has 0 aliphatic rings. The van der Waals surface area contributed by atoms with E-state index in [-0.39, 0.29) is 0 Å². The summed E-state index contributed by atoms with van der Waals surface area (Å²) in [6, 6.07) is 56.0. The number of hydrogen-bond donors (Lipinski definition) is 0. The highest BCUT2D eigenvalue weighted by Gasteiger charge is 2.22. The van der Waals surface area contributed by atoms with Gasteiger partial charge < -0.3 is 0 Å². The molecule has 8 aromatic rings. The van der Waals surface area contributed by atoms with Crippen LogP contribution in [0, 0.1) is 20.8 Å². The van der Waals surface area contributed by atoms with E-state index in [4.69, 9.17) is 0 Å². The molecule has 8 rings (SSSR count). The Balaban J connectivity index is 1.58. The van der Waals surface area contributed by atoms with E-state index in [1.165, 1.54) is 93.5 Å². The van der Waals surface area contributed by atoms with Gasteiger partial charge in [0.25, 0.3) is 0 Å². The lowest BCUT2D eigenvalue weighted by Gasteiger charge is -2.23. The van der Waals surface area contributed by atoms with Gasteiger partial charge in [-0.15, -0.1) is 0 Å². The minimum Gasteiger partial charge on any atom is -0.0622 e. The number of rotatable bonds is 4. The zero-order chi connectivity index (χ0) is 30.5. The molecule has 0 aliphatic heterocycles. The third-order valence-electron chi connectivity index (χ3n) is 9.41. The summed E-state index contributed by atoms with van der Waals surface area (Å²) in [5.74, 6) is 0. The Bertz CT molecular complexity index is 2380. The third-order valence-corrected chi connectivity index (χ3v) is 9.41. The standard InChI is InChI=1S/C45H34/c1-29-22-23-38-40(24-29)45(43-28-35-19-11-10-18-34(35)27-39(43)33-16-8-5-9-17-33)42-26-31(3)30(2)25-41(42)44(38)37-21-13-12-20-36(37)32-14-6-4-7-15-32/h4-28H,1-3H3. The minimum absolute atomic E-state index is 1.23. The molecule has 0 radical (unpaired) electrons. The summed E-state index contributed by atoms with van der Waals surface area (Å²) in [5, 5.41) is 7.66. The smallest absolute Gasteiger partial charge is 0.00197 e. The van der Waals surface area contributed by atoms with Gasteiger partial charge in [-0.05, 0) is 121 Å². The van der Waals surface area contributed by atoms with Crippen LogP contribution in [-0.4, -0.2) is 0 Å². The third kappa shape index (κ3) is 4.62. The van der Waals surface area contributed by atoms with Crippen molar-refractivity contribution in [3.63, 3.8) is 0 Å². The molecule has 0 amide bonds. The summed E-state index contributed by atoms with van der Waals surface area (Å²) in [6.07, 6.45) is 0.